The quantitative estimate of drug-likeness (QED) is 0.501. The van der Waals surface area contributed by atoms with Crippen molar-refractivity contribution in [3.8, 4) is 5.75 Å². The van der Waals surface area contributed by atoms with Crippen molar-refractivity contribution in [3.05, 3.63) is 46.8 Å². The van der Waals surface area contributed by atoms with Crippen LogP contribution in [-0.4, -0.2) is 25.7 Å². The predicted octanol–water partition coefficient (Wildman–Crippen LogP) is 1.70. The molecule has 1 aromatic heterocycles. The van der Waals surface area contributed by atoms with Crippen LogP contribution in [0.5, 0.6) is 5.75 Å². The summed E-state index contributed by atoms with van der Waals surface area (Å²) in [4.78, 5) is 22.2. The minimum Gasteiger partial charge on any atom is -0.505 e. The zero-order valence-corrected chi connectivity index (χ0v) is 10.6. The maximum atomic E-state index is 12.0. The van der Waals surface area contributed by atoms with Crippen LogP contribution < -0.4 is 5.32 Å². The molecule has 0 bridgehead atoms. The second-order valence-corrected chi connectivity index (χ2v) is 4.08. The number of nitrogens with zero attached hydrogens (tertiary/aromatic N) is 3. The molecular weight excluding hydrogens is 264 g/mol. The molecule has 0 aliphatic heterocycles. The van der Waals surface area contributed by atoms with Gasteiger partial charge in [-0.1, -0.05) is 6.07 Å². The summed E-state index contributed by atoms with van der Waals surface area (Å²) in [7, 11) is 0. The molecule has 0 saturated heterocycles. The summed E-state index contributed by atoms with van der Waals surface area (Å²) in [6, 6.07) is 4.80. The molecule has 2 aromatic rings. The maximum Gasteiger partial charge on any atom is 0.296 e. The van der Waals surface area contributed by atoms with Gasteiger partial charge in [0.2, 0.25) is 5.91 Å². The lowest BCUT2D eigenvalue weighted by Gasteiger charge is -2.13. The van der Waals surface area contributed by atoms with E-state index in [9.17, 15) is 20.0 Å². The van der Waals surface area contributed by atoms with Gasteiger partial charge in [0.05, 0.1) is 4.92 Å². The molecule has 0 radical (unpaired) electrons. The molecule has 1 heterocycles. The van der Waals surface area contributed by atoms with Crippen molar-refractivity contribution in [2.24, 2.45) is 0 Å². The summed E-state index contributed by atoms with van der Waals surface area (Å²) in [5.41, 5.74) is -0.590. The SMILES string of the molecule is CC(C(=O)Nc1c(O)cccc1[N+](=O)[O-])n1cccn1. The lowest BCUT2D eigenvalue weighted by Crippen LogP contribution is -2.24. The number of aromatic nitrogens is 2. The van der Waals surface area contributed by atoms with E-state index in [1.807, 2.05) is 0 Å². The lowest BCUT2D eigenvalue weighted by molar-refractivity contribution is -0.384. The number of carbonyl (C=O) groups excluding carboxylic acids is 1. The highest BCUT2D eigenvalue weighted by Crippen LogP contribution is 2.33. The monoisotopic (exact) mass is 276 g/mol. The Morgan fingerprint density at radius 2 is 2.25 bits per heavy atom. The molecular formula is C12H12N4O4. The first kappa shape index (κ1) is 13.5. The molecule has 104 valence electrons. The van der Waals surface area contributed by atoms with Crippen LogP contribution in [0.1, 0.15) is 13.0 Å². The first-order valence-electron chi connectivity index (χ1n) is 5.77. The molecule has 20 heavy (non-hydrogen) atoms. The van der Waals surface area contributed by atoms with Crippen LogP contribution in [0.25, 0.3) is 0 Å². The molecule has 2 rings (SSSR count). The van der Waals surface area contributed by atoms with Crippen molar-refractivity contribution in [1.82, 2.24) is 9.78 Å². The van der Waals surface area contributed by atoms with E-state index in [-0.39, 0.29) is 17.1 Å². The molecule has 2 N–H and O–H groups in total. The fourth-order valence-corrected chi connectivity index (χ4v) is 1.67. The maximum absolute atomic E-state index is 12.0. The average molecular weight is 276 g/mol. The molecule has 8 nitrogen and oxygen atoms in total. The summed E-state index contributed by atoms with van der Waals surface area (Å²) in [5.74, 6) is -0.876. The van der Waals surface area contributed by atoms with Crippen molar-refractivity contribution in [3.63, 3.8) is 0 Å². The molecule has 0 saturated carbocycles. The van der Waals surface area contributed by atoms with Gasteiger partial charge < -0.3 is 10.4 Å². The molecule has 0 aliphatic carbocycles. The van der Waals surface area contributed by atoms with Crippen molar-refractivity contribution in [1.29, 1.82) is 0 Å². The normalized spacial score (nSPS) is 11.8. The van der Waals surface area contributed by atoms with Crippen LogP contribution in [0.4, 0.5) is 11.4 Å². The van der Waals surface area contributed by atoms with Gasteiger partial charge in [0, 0.05) is 18.5 Å². The minimum atomic E-state index is -0.673. The van der Waals surface area contributed by atoms with Gasteiger partial charge in [-0.3, -0.25) is 19.6 Å². The molecule has 1 atom stereocenters. The summed E-state index contributed by atoms with van der Waals surface area (Å²) in [6.07, 6.45) is 3.12. The third-order valence-electron chi connectivity index (χ3n) is 2.77. The third-order valence-corrected chi connectivity index (χ3v) is 2.77. The van der Waals surface area contributed by atoms with E-state index >= 15 is 0 Å². The Labute approximate surface area is 113 Å². The van der Waals surface area contributed by atoms with Crippen LogP contribution in [-0.2, 0) is 4.79 Å². The van der Waals surface area contributed by atoms with E-state index in [1.165, 1.54) is 29.1 Å². The second kappa shape index (κ2) is 5.39. The molecule has 1 unspecified atom stereocenters. The Morgan fingerprint density at radius 3 is 2.85 bits per heavy atom. The number of hydrogen-bond donors (Lipinski definition) is 2. The van der Waals surface area contributed by atoms with E-state index in [1.54, 1.807) is 19.2 Å². The Kier molecular flexibility index (Phi) is 3.65. The third kappa shape index (κ3) is 2.58. The fourth-order valence-electron chi connectivity index (χ4n) is 1.67. The summed E-state index contributed by atoms with van der Waals surface area (Å²) < 4.78 is 1.40. The van der Waals surface area contributed by atoms with Crippen LogP contribution in [0, 0.1) is 10.1 Å². The Bertz CT molecular complexity index is 639. The zero-order chi connectivity index (χ0) is 14.7. The number of hydrogen-bond acceptors (Lipinski definition) is 5. The average Bonchev–Trinajstić information content (AvgIpc) is 2.93. The lowest BCUT2D eigenvalue weighted by atomic mass is 10.2. The summed E-state index contributed by atoms with van der Waals surface area (Å²) in [5, 5.41) is 26.8. The number of nitro groups is 1. The minimum absolute atomic E-state index is 0.221. The number of phenols is 1. The number of phenolic OH excluding ortho intramolecular Hbond substituents is 1. The van der Waals surface area contributed by atoms with Crippen molar-refractivity contribution < 1.29 is 14.8 Å². The van der Waals surface area contributed by atoms with Crippen molar-refractivity contribution >= 4 is 17.3 Å². The van der Waals surface area contributed by atoms with Gasteiger partial charge in [-0.2, -0.15) is 5.10 Å². The Hall–Kier alpha value is -2.90. The van der Waals surface area contributed by atoms with Crippen LogP contribution in [0.2, 0.25) is 0 Å². The largest absolute Gasteiger partial charge is 0.505 e. The second-order valence-electron chi connectivity index (χ2n) is 4.08. The molecule has 0 aliphatic rings. The number of para-hydroxylation sites is 1. The number of rotatable bonds is 4. The van der Waals surface area contributed by atoms with Crippen molar-refractivity contribution in [2.75, 3.05) is 5.32 Å². The van der Waals surface area contributed by atoms with Crippen LogP contribution in [0.15, 0.2) is 36.7 Å². The number of aromatic hydroxyl groups is 1. The molecule has 0 fully saturated rings. The zero-order valence-electron chi connectivity index (χ0n) is 10.6. The van der Waals surface area contributed by atoms with Gasteiger partial charge in [-0.15, -0.1) is 0 Å². The van der Waals surface area contributed by atoms with Gasteiger partial charge in [0.1, 0.15) is 11.8 Å². The highest BCUT2D eigenvalue weighted by molar-refractivity contribution is 5.97. The summed E-state index contributed by atoms with van der Waals surface area (Å²) >= 11 is 0. The van der Waals surface area contributed by atoms with Gasteiger partial charge in [0.25, 0.3) is 5.69 Å². The van der Waals surface area contributed by atoms with Gasteiger partial charge >= 0.3 is 0 Å². The first-order chi connectivity index (χ1) is 9.50. The number of benzene rings is 1. The first-order valence-corrected chi connectivity index (χ1v) is 5.77. The molecule has 8 heteroatoms. The number of nitro benzene ring substituents is 1. The highest BCUT2D eigenvalue weighted by atomic mass is 16.6. The standard InChI is InChI=1S/C12H12N4O4/c1-8(15-7-3-6-13-15)12(18)14-11-9(16(19)20)4-2-5-10(11)17/h2-8,17H,1H3,(H,14,18). The smallest absolute Gasteiger partial charge is 0.296 e. The molecule has 1 aromatic carbocycles. The summed E-state index contributed by atoms with van der Waals surface area (Å²) in [6.45, 7) is 1.59. The van der Waals surface area contributed by atoms with Gasteiger partial charge in [-0.05, 0) is 19.1 Å². The van der Waals surface area contributed by atoms with E-state index in [0.717, 1.165) is 0 Å². The fraction of sp³-hybridized carbons (Fsp3) is 0.167. The molecule has 0 spiro atoms. The highest BCUT2D eigenvalue weighted by Gasteiger charge is 2.22. The van der Waals surface area contributed by atoms with Crippen molar-refractivity contribution in [2.45, 2.75) is 13.0 Å². The predicted molar refractivity (Wildman–Crippen MR) is 70.3 cm³/mol. The van der Waals surface area contributed by atoms with E-state index in [0.29, 0.717) is 0 Å². The van der Waals surface area contributed by atoms with E-state index in [4.69, 9.17) is 0 Å². The van der Waals surface area contributed by atoms with Gasteiger partial charge in [-0.25, -0.2) is 0 Å². The number of nitrogens with one attached hydrogen (secondary N) is 1. The molecule has 1 amide bonds. The Morgan fingerprint density at radius 1 is 1.50 bits per heavy atom. The van der Waals surface area contributed by atoms with Crippen LogP contribution in [0.3, 0.4) is 0 Å². The van der Waals surface area contributed by atoms with E-state index in [2.05, 4.69) is 10.4 Å². The number of carbonyl (C=O) groups is 1. The van der Waals surface area contributed by atoms with Crippen LogP contribution >= 0.6 is 0 Å². The number of amides is 1. The van der Waals surface area contributed by atoms with Gasteiger partial charge in [0.15, 0.2) is 5.69 Å². The Balaban J connectivity index is 2.26. The number of anilines is 1. The topological polar surface area (TPSA) is 110 Å². The van der Waals surface area contributed by atoms with E-state index < -0.39 is 16.9 Å².